The number of hydrogen-bond donors (Lipinski definition) is 2. The summed E-state index contributed by atoms with van der Waals surface area (Å²) in [7, 11) is 0. The molecule has 0 aliphatic carbocycles. The molecule has 2 aromatic carbocycles. The second kappa shape index (κ2) is 8.58. The summed E-state index contributed by atoms with van der Waals surface area (Å²) in [6.45, 7) is 2.30. The van der Waals surface area contributed by atoms with Gasteiger partial charge in [0.2, 0.25) is 0 Å². The summed E-state index contributed by atoms with van der Waals surface area (Å²) in [5.41, 5.74) is 7.74. The molecular weight excluding hydrogens is 430 g/mol. The Bertz CT molecular complexity index is 972. The number of primary amides is 1. The number of H-pyrrole nitrogens is 1. The average molecular weight is 448 g/mol. The van der Waals surface area contributed by atoms with Gasteiger partial charge in [0, 0.05) is 4.47 Å². The van der Waals surface area contributed by atoms with Gasteiger partial charge in [-0.05, 0) is 36.2 Å². The van der Waals surface area contributed by atoms with Gasteiger partial charge in [-0.15, -0.1) is 0 Å². The summed E-state index contributed by atoms with van der Waals surface area (Å²) in [5.74, 6) is -0.879. The number of hydrogen-bond acceptors (Lipinski definition) is 5. The van der Waals surface area contributed by atoms with Crippen molar-refractivity contribution in [1.29, 1.82) is 0 Å². The number of aromatic nitrogens is 2. The lowest BCUT2D eigenvalue weighted by molar-refractivity contribution is -0.143. The van der Waals surface area contributed by atoms with Crippen LogP contribution in [0.5, 0.6) is 0 Å². The Labute approximate surface area is 169 Å². The van der Waals surface area contributed by atoms with Gasteiger partial charge in [-0.3, -0.25) is 9.59 Å². The Morgan fingerprint density at radius 3 is 2.67 bits per heavy atom. The van der Waals surface area contributed by atoms with Crippen molar-refractivity contribution in [2.45, 2.75) is 23.8 Å². The van der Waals surface area contributed by atoms with Crippen molar-refractivity contribution in [1.82, 2.24) is 9.97 Å². The van der Waals surface area contributed by atoms with E-state index in [1.165, 1.54) is 11.8 Å². The first-order valence-corrected chi connectivity index (χ1v) is 10.0. The second-order valence-corrected chi connectivity index (χ2v) is 7.83. The van der Waals surface area contributed by atoms with E-state index < -0.39 is 11.2 Å². The third-order valence-electron chi connectivity index (χ3n) is 3.82. The quantitative estimate of drug-likeness (QED) is 0.417. The molecule has 0 aliphatic rings. The Balaban J connectivity index is 1.95. The molecule has 0 fully saturated rings. The summed E-state index contributed by atoms with van der Waals surface area (Å²) >= 11 is 4.64. The normalized spacial score (nSPS) is 12.1. The number of para-hydroxylation sites is 1. The van der Waals surface area contributed by atoms with Crippen LogP contribution in [-0.2, 0) is 9.53 Å². The van der Waals surface area contributed by atoms with Crippen LogP contribution in [0, 0.1) is 0 Å². The maximum absolute atomic E-state index is 12.6. The van der Waals surface area contributed by atoms with Crippen molar-refractivity contribution in [3.63, 3.8) is 0 Å². The Morgan fingerprint density at radius 2 is 2.00 bits per heavy atom. The fourth-order valence-electron chi connectivity index (χ4n) is 2.54. The van der Waals surface area contributed by atoms with E-state index in [0.717, 1.165) is 16.5 Å². The lowest BCUT2D eigenvalue weighted by atomic mass is 10.1. The number of nitrogens with two attached hydrogens (primary N) is 1. The maximum Gasteiger partial charge on any atom is 0.324 e. The van der Waals surface area contributed by atoms with Gasteiger partial charge in [-0.1, -0.05) is 52.8 Å². The summed E-state index contributed by atoms with van der Waals surface area (Å²) in [6, 6.07) is 12.7. The zero-order chi connectivity index (χ0) is 19.4. The van der Waals surface area contributed by atoms with E-state index in [9.17, 15) is 9.59 Å². The van der Waals surface area contributed by atoms with Gasteiger partial charge >= 0.3 is 5.97 Å². The third-order valence-corrected chi connectivity index (χ3v) is 5.47. The number of ether oxygens (including phenoxy) is 1. The highest BCUT2D eigenvalue weighted by molar-refractivity contribution is 9.10. The Morgan fingerprint density at radius 1 is 1.26 bits per heavy atom. The van der Waals surface area contributed by atoms with Crippen LogP contribution in [0.3, 0.4) is 0 Å². The lowest BCUT2D eigenvalue weighted by Crippen LogP contribution is -2.14. The molecule has 1 amide bonds. The Kier molecular flexibility index (Phi) is 6.18. The van der Waals surface area contributed by atoms with Gasteiger partial charge in [-0.25, -0.2) is 4.98 Å². The molecule has 140 valence electrons. The van der Waals surface area contributed by atoms with Crippen LogP contribution in [0.15, 0.2) is 52.1 Å². The lowest BCUT2D eigenvalue weighted by Gasteiger charge is -2.14. The molecule has 0 spiro atoms. The van der Waals surface area contributed by atoms with Gasteiger partial charge in [0.15, 0.2) is 5.16 Å². The molecule has 3 N–H and O–H groups in total. The summed E-state index contributed by atoms with van der Waals surface area (Å²) < 4.78 is 6.28. The number of nitrogens with zero attached hydrogens (tertiary/aromatic N) is 1. The van der Waals surface area contributed by atoms with E-state index in [1.807, 2.05) is 37.3 Å². The van der Waals surface area contributed by atoms with Crippen LogP contribution in [-0.4, -0.2) is 28.5 Å². The number of rotatable bonds is 7. The minimum absolute atomic E-state index is 0.334. The summed E-state index contributed by atoms with van der Waals surface area (Å²) in [4.78, 5) is 31.8. The number of aromatic amines is 1. The standard InChI is InChI=1S/C19H18BrN3O3S/c1-2-10-26-18(25)16(11-6-8-12(20)9-7-11)27-19-22-14-5-3-4-13(17(21)24)15(14)23-19/h3-9,16H,2,10H2,1H3,(H2,21,24)(H,22,23). The number of amides is 1. The minimum Gasteiger partial charge on any atom is -0.465 e. The molecule has 0 aliphatic heterocycles. The monoisotopic (exact) mass is 447 g/mol. The zero-order valence-corrected chi connectivity index (χ0v) is 17.0. The van der Waals surface area contributed by atoms with E-state index in [1.54, 1.807) is 12.1 Å². The number of thioether (sulfide) groups is 1. The molecule has 6 nitrogen and oxygen atoms in total. The molecule has 3 aromatic rings. The highest BCUT2D eigenvalue weighted by atomic mass is 79.9. The van der Waals surface area contributed by atoms with Crippen LogP contribution in [0.4, 0.5) is 0 Å². The molecule has 0 radical (unpaired) electrons. The van der Waals surface area contributed by atoms with Crippen LogP contribution in [0.2, 0.25) is 0 Å². The number of carbonyl (C=O) groups excluding carboxylic acids is 2. The molecule has 1 atom stereocenters. The molecule has 27 heavy (non-hydrogen) atoms. The van der Waals surface area contributed by atoms with E-state index >= 15 is 0 Å². The van der Waals surface area contributed by atoms with Crippen molar-refractivity contribution in [3.8, 4) is 0 Å². The molecule has 0 saturated carbocycles. The largest absolute Gasteiger partial charge is 0.465 e. The molecule has 0 bridgehead atoms. The van der Waals surface area contributed by atoms with Crippen molar-refractivity contribution < 1.29 is 14.3 Å². The average Bonchev–Trinajstić information content (AvgIpc) is 3.07. The SMILES string of the molecule is CCCOC(=O)C(Sc1nc2c(C(N)=O)cccc2[nH]1)c1ccc(Br)cc1. The second-order valence-electron chi connectivity index (χ2n) is 5.82. The zero-order valence-electron chi connectivity index (χ0n) is 14.6. The topological polar surface area (TPSA) is 98.1 Å². The predicted molar refractivity (Wildman–Crippen MR) is 109 cm³/mol. The van der Waals surface area contributed by atoms with E-state index in [4.69, 9.17) is 10.5 Å². The third kappa shape index (κ3) is 4.51. The summed E-state index contributed by atoms with van der Waals surface area (Å²) in [6.07, 6.45) is 0.746. The van der Waals surface area contributed by atoms with E-state index in [0.29, 0.717) is 28.4 Å². The molecule has 1 heterocycles. The minimum atomic E-state index is -0.581. The number of esters is 1. The van der Waals surface area contributed by atoms with Crippen LogP contribution < -0.4 is 5.73 Å². The highest BCUT2D eigenvalue weighted by Gasteiger charge is 2.25. The Hall–Kier alpha value is -2.32. The fraction of sp³-hybridized carbons (Fsp3) is 0.211. The van der Waals surface area contributed by atoms with Gasteiger partial charge in [0.1, 0.15) is 10.8 Å². The van der Waals surface area contributed by atoms with Crippen molar-refractivity contribution in [2.75, 3.05) is 6.61 Å². The number of halogens is 1. The molecule has 3 rings (SSSR count). The van der Waals surface area contributed by atoms with Crippen LogP contribution >= 0.6 is 27.7 Å². The van der Waals surface area contributed by atoms with Gasteiger partial charge in [0.05, 0.1) is 17.7 Å². The van der Waals surface area contributed by atoms with E-state index in [2.05, 4.69) is 25.9 Å². The number of carbonyl (C=O) groups is 2. The first-order valence-electron chi connectivity index (χ1n) is 8.37. The number of benzene rings is 2. The number of nitrogens with one attached hydrogen (secondary N) is 1. The first-order chi connectivity index (χ1) is 13.0. The molecule has 1 unspecified atom stereocenters. The van der Waals surface area contributed by atoms with Gasteiger partial charge in [-0.2, -0.15) is 0 Å². The van der Waals surface area contributed by atoms with Crippen molar-refractivity contribution >= 4 is 50.6 Å². The predicted octanol–water partition coefficient (Wildman–Crippen LogP) is 4.21. The summed E-state index contributed by atoms with van der Waals surface area (Å²) in [5, 5.41) is -0.0673. The number of imidazole rings is 1. The van der Waals surface area contributed by atoms with Crippen LogP contribution in [0.1, 0.15) is 34.5 Å². The first kappa shape index (κ1) is 19.4. The molecule has 8 heteroatoms. The van der Waals surface area contributed by atoms with Crippen LogP contribution in [0.25, 0.3) is 11.0 Å². The number of fused-ring (bicyclic) bond motifs is 1. The smallest absolute Gasteiger partial charge is 0.324 e. The fourth-order valence-corrected chi connectivity index (χ4v) is 3.80. The maximum atomic E-state index is 12.6. The molecule has 0 saturated heterocycles. The highest BCUT2D eigenvalue weighted by Crippen LogP contribution is 2.36. The molecule has 1 aromatic heterocycles. The van der Waals surface area contributed by atoms with Crippen molar-refractivity contribution in [2.24, 2.45) is 5.73 Å². The van der Waals surface area contributed by atoms with Crippen molar-refractivity contribution in [3.05, 3.63) is 58.1 Å². The van der Waals surface area contributed by atoms with E-state index in [-0.39, 0.29) is 5.97 Å². The van der Waals surface area contributed by atoms with Gasteiger partial charge in [0.25, 0.3) is 5.91 Å². The van der Waals surface area contributed by atoms with Gasteiger partial charge < -0.3 is 15.5 Å². The molecular formula is C19H18BrN3O3S.